The van der Waals surface area contributed by atoms with E-state index in [1.54, 1.807) is 18.2 Å². The summed E-state index contributed by atoms with van der Waals surface area (Å²) in [5.74, 6) is 0.0369. The molecule has 1 amide bonds. The first-order valence-corrected chi connectivity index (χ1v) is 9.70. The summed E-state index contributed by atoms with van der Waals surface area (Å²) in [5.41, 5.74) is 0.960. The van der Waals surface area contributed by atoms with E-state index in [9.17, 15) is 9.59 Å². The standard InChI is InChI=1S/C25H21NO5/c1-29-21-12-11-18(14-22(21)30-2)26-23(27)15-31-25(28)24-19-9-5-3-7-16(19)13-17-8-4-6-10-20(17)24/h3-14H,15H2,1-2H3,(H,26,27). The van der Waals surface area contributed by atoms with Gasteiger partial charge in [0.2, 0.25) is 0 Å². The van der Waals surface area contributed by atoms with Crippen LogP contribution in [0.4, 0.5) is 5.69 Å². The molecule has 0 saturated carbocycles. The summed E-state index contributed by atoms with van der Waals surface area (Å²) in [4.78, 5) is 25.3. The van der Waals surface area contributed by atoms with Crippen LogP contribution < -0.4 is 14.8 Å². The highest BCUT2D eigenvalue weighted by Crippen LogP contribution is 2.30. The molecule has 0 bridgehead atoms. The van der Waals surface area contributed by atoms with Crippen LogP contribution in [0, 0.1) is 0 Å². The molecule has 1 N–H and O–H groups in total. The van der Waals surface area contributed by atoms with Crippen LogP contribution in [0.3, 0.4) is 0 Å². The minimum Gasteiger partial charge on any atom is -0.493 e. The van der Waals surface area contributed by atoms with Gasteiger partial charge in [0.1, 0.15) is 0 Å². The van der Waals surface area contributed by atoms with Crippen LogP contribution in [0.1, 0.15) is 10.4 Å². The fourth-order valence-electron chi connectivity index (χ4n) is 3.55. The molecule has 0 aromatic heterocycles. The average molecular weight is 415 g/mol. The van der Waals surface area contributed by atoms with Gasteiger partial charge in [-0.15, -0.1) is 0 Å². The van der Waals surface area contributed by atoms with Gasteiger partial charge in [-0.1, -0.05) is 48.5 Å². The molecule has 0 fully saturated rings. The fraction of sp³-hybridized carbons (Fsp3) is 0.120. The highest BCUT2D eigenvalue weighted by Gasteiger charge is 2.17. The van der Waals surface area contributed by atoms with Crippen LogP contribution in [-0.2, 0) is 9.53 Å². The Hall–Kier alpha value is -4.06. The number of nitrogens with one attached hydrogen (secondary N) is 1. The Labute approximate surface area is 179 Å². The highest BCUT2D eigenvalue weighted by atomic mass is 16.5. The van der Waals surface area contributed by atoms with Gasteiger partial charge in [-0.2, -0.15) is 0 Å². The van der Waals surface area contributed by atoms with Gasteiger partial charge in [0.15, 0.2) is 18.1 Å². The van der Waals surface area contributed by atoms with E-state index in [1.807, 2.05) is 54.6 Å². The molecule has 156 valence electrons. The molecule has 0 spiro atoms. The third-order valence-electron chi connectivity index (χ3n) is 4.98. The van der Waals surface area contributed by atoms with Gasteiger partial charge >= 0.3 is 5.97 Å². The van der Waals surface area contributed by atoms with Gasteiger partial charge in [-0.05, 0) is 39.7 Å². The van der Waals surface area contributed by atoms with Gasteiger partial charge in [-0.25, -0.2) is 4.79 Å². The van der Waals surface area contributed by atoms with E-state index < -0.39 is 18.5 Å². The van der Waals surface area contributed by atoms with Crippen LogP contribution >= 0.6 is 0 Å². The molecule has 0 radical (unpaired) electrons. The van der Waals surface area contributed by atoms with E-state index in [2.05, 4.69) is 5.32 Å². The molecule has 4 aromatic carbocycles. The second-order valence-electron chi connectivity index (χ2n) is 6.89. The van der Waals surface area contributed by atoms with Crippen molar-refractivity contribution in [2.75, 3.05) is 26.1 Å². The minimum atomic E-state index is -0.546. The molecular formula is C25H21NO5. The average Bonchev–Trinajstić information content (AvgIpc) is 2.80. The summed E-state index contributed by atoms with van der Waals surface area (Å²) in [6, 6.07) is 22.3. The molecule has 0 heterocycles. The number of rotatable bonds is 6. The zero-order valence-electron chi connectivity index (χ0n) is 17.2. The van der Waals surface area contributed by atoms with Gasteiger partial charge in [0, 0.05) is 11.8 Å². The van der Waals surface area contributed by atoms with Crippen LogP contribution in [0.5, 0.6) is 11.5 Å². The quantitative estimate of drug-likeness (QED) is 0.362. The van der Waals surface area contributed by atoms with Crippen molar-refractivity contribution >= 4 is 39.1 Å². The fourth-order valence-corrected chi connectivity index (χ4v) is 3.55. The highest BCUT2D eigenvalue weighted by molar-refractivity contribution is 6.16. The van der Waals surface area contributed by atoms with Crippen molar-refractivity contribution in [3.05, 3.63) is 78.4 Å². The van der Waals surface area contributed by atoms with Crippen molar-refractivity contribution in [3.8, 4) is 11.5 Å². The maximum absolute atomic E-state index is 13.0. The molecule has 0 atom stereocenters. The maximum Gasteiger partial charge on any atom is 0.339 e. The molecule has 0 aliphatic heterocycles. The number of amides is 1. The Morgan fingerprint density at radius 1 is 0.774 bits per heavy atom. The smallest absolute Gasteiger partial charge is 0.339 e. The first-order valence-electron chi connectivity index (χ1n) is 9.70. The number of carbonyl (C=O) groups is 2. The lowest BCUT2D eigenvalue weighted by molar-refractivity contribution is -0.119. The Morgan fingerprint density at radius 2 is 1.39 bits per heavy atom. The van der Waals surface area contributed by atoms with Gasteiger partial charge < -0.3 is 19.5 Å². The predicted octanol–water partition coefficient (Wildman–Crippen LogP) is 4.81. The SMILES string of the molecule is COc1ccc(NC(=O)COC(=O)c2c3ccccc3cc3ccccc23)cc1OC. The number of hydrogen-bond acceptors (Lipinski definition) is 5. The van der Waals surface area contributed by atoms with E-state index in [4.69, 9.17) is 14.2 Å². The number of ether oxygens (including phenoxy) is 3. The zero-order chi connectivity index (χ0) is 21.8. The second kappa shape index (κ2) is 8.75. The summed E-state index contributed by atoms with van der Waals surface area (Å²) in [5, 5.41) is 6.13. The molecule has 0 aliphatic rings. The molecule has 6 nitrogen and oxygen atoms in total. The summed E-state index contributed by atoms with van der Waals surface area (Å²) >= 11 is 0. The lowest BCUT2D eigenvalue weighted by Crippen LogP contribution is -2.21. The second-order valence-corrected chi connectivity index (χ2v) is 6.89. The van der Waals surface area contributed by atoms with Crippen molar-refractivity contribution in [3.63, 3.8) is 0 Å². The molecule has 0 aliphatic carbocycles. The van der Waals surface area contributed by atoms with E-state index >= 15 is 0 Å². The van der Waals surface area contributed by atoms with Gasteiger partial charge in [0.25, 0.3) is 5.91 Å². The van der Waals surface area contributed by atoms with Crippen LogP contribution in [0.15, 0.2) is 72.8 Å². The minimum absolute atomic E-state index is 0.412. The van der Waals surface area contributed by atoms with Gasteiger partial charge in [-0.3, -0.25) is 4.79 Å². The first kappa shape index (κ1) is 20.2. The number of esters is 1. The number of hydrogen-bond donors (Lipinski definition) is 1. The molecule has 4 rings (SSSR count). The number of anilines is 1. The molecule has 0 unspecified atom stereocenters. The first-order chi connectivity index (χ1) is 15.1. The lowest BCUT2D eigenvalue weighted by atomic mass is 9.97. The van der Waals surface area contributed by atoms with E-state index in [-0.39, 0.29) is 0 Å². The topological polar surface area (TPSA) is 73.9 Å². The van der Waals surface area contributed by atoms with Crippen molar-refractivity contribution < 1.29 is 23.8 Å². The van der Waals surface area contributed by atoms with E-state index in [0.29, 0.717) is 22.7 Å². The molecule has 6 heteroatoms. The normalized spacial score (nSPS) is 10.6. The molecular weight excluding hydrogens is 394 g/mol. The largest absolute Gasteiger partial charge is 0.493 e. The monoisotopic (exact) mass is 415 g/mol. The Bertz CT molecular complexity index is 1230. The molecule has 31 heavy (non-hydrogen) atoms. The third kappa shape index (κ3) is 4.14. The van der Waals surface area contributed by atoms with Crippen molar-refractivity contribution in [1.82, 2.24) is 0 Å². The number of benzene rings is 4. The summed E-state index contributed by atoms with van der Waals surface area (Å²) in [7, 11) is 3.05. The summed E-state index contributed by atoms with van der Waals surface area (Å²) < 4.78 is 15.8. The lowest BCUT2D eigenvalue weighted by Gasteiger charge is -2.12. The van der Waals surface area contributed by atoms with E-state index in [1.165, 1.54) is 14.2 Å². The maximum atomic E-state index is 13.0. The van der Waals surface area contributed by atoms with Crippen molar-refractivity contribution in [2.24, 2.45) is 0 Å². The van der Waals surface area contributed by atoms with Crippen molar-refractivity contribution in [2.45, 2.75) is 0 Å². The Morgan fingerprint density at radius 3 is 2.00 bits per heavy atom. The molecule has 4 aromatic rings. The van der Waals surface area contributed by atoms with Crippen LogP contribution in [0.2, 0.25) is 0 Å². The Kier molecular flexibility index (Phi) is 5.71. The van der Waals surface area contributed by atoms with Crippen molar-refractivity contribution in [1.29, 1.82) is 0 Å². The summed E-state index contributed by atoms with van der Waals surface area (Å²) in [6.45, 7) is -0.412. The van der Waals surface area contributed by atoms with Crippen LogP contribution in [0.25, 0.3) is 21.5 Å². The number of methoxy groups -OCH3 is 2. The predicted molar refractivity (Wildman–Crippen MR) is 120 cm³/mol. The third-order valence-corrected chi connectivity index (χ3v) is 4.98. The Balaban J connectivity index is 1.54. The van der Waals surface area contributed by atoms with Gasteiger partial charge in [0.05, 0.1) is 19.8 Å². The number of fused-ring (bicyclic) bond motifs is 2. The van der Waals surface area contributed by atoms with Crippen LogP contribution in [-0.4, -0.2) is 32.7 Å². The number of carbonyl (C=O) groups excluding carboxylic acids is 2. The van der Waals surface area contributed by atoms with E-state index in [0.717, 1.165) is 21.5 Å². The zero-order valence-corrected chi connectivity index (χ0v) is 17.2. The summed E-state index contributed by atoms with van der Waals surface area (Å²) in [6.07, 6.45) is 0. The molecule has 0 saturated heterocycles.